The second-order valence-electron chi connectivity index (χ2n) is 7.25. The van der Waals surface area contributed by atoms with Gasteiger partial charge in [-0.05, 0) is 34.1 Å². The summed E-state index contributed by atoms with van der Waals surface area (Å²) < 4.78 is 0. The number of carbonyl (C=O) groups excluding carboxylic acids is 1. The number of anilines is 1. The molecule has 4 nitrogen and oxygen atoms in total. The molecule has 0 aliphatic heterocycles. The van der Waals surface area contributed by atoms with E-state index in [0.717, 1.165) is 22.0 Å². The number of hydrogen-bond acceptors (Lipinski definition) is 2. The standard InChI is InChI=1S/C21H23N3O/c1-21(2,3)17-9-7-15(8-10-17)14-24(20(22)25)19-6-4-5-16-11-12-23-13-18(16)19/h4-13H,14H2,1-3H3,(H2,22,25). The summed E-state index contributed by atoms with van der Waals surface area (Å²) in [4.78, 5) is 17.9. The number of urea groups is 1. The van der Waals surface area contributed by atoms with Gasteiger partial charge in [0.2, 0.25) is 0 Å². The van der Waals surface area contributed by atoms with Crippen molar-refractivity contribution in [3.05, 3.63) is 72.1 Å². The Morgan fingerprint density at radius 2 is 1.80 bits per heavy atom. The van der Waals surface area contributed by atoms with Gasteiger partial charge in [0.25, 0.3) is 0 Å². The molecule has 0 saturated carbocycles. The van der Waals surface area contributed by atoms with E-state index in [-0.39, 0.29) is 5.41 Å². The fourth-order valence-corrected chi connectivity index (χ4v) is 2.91. The van der Waals surface area contributed by atoms with E-state index in [1.807, 2.05) is 24.3 Å². The number of amides is 2. The fraction of sp³-hybridized carbons (Fsp3) is 0.238. The highest BCUT2D eigenvalue weighted by atomic mass is 16.2. The Morgan fingerprint density at radius 1 is 1.08 bits per heavy atom. The Bertz CT molecular complexity index is 890. The summed E-state index contributed by atoms with van der Waals surface area (Å²) in [5.41, 5.74) is 8.84. The zero-order valence-electron chi connectivity index (χ0n) is 14.9. The van der Waals surface area contributed by atoms with Crippen LogP contribution in [0.4, 0.5) is 10.5 Å². The van der Waals surface area contributed by atoms with E-state index in [9.17, 15) is 4.79 Å². The lowest BCUT2D eigenvalue weighted by atomic mass is 9.87. The molecule has 1 aromatic heterocycles. The molecule has 128 valence electrons. The van der Waals surface area contributed by atoms with Crippen LogP contribution >= 0.6 is 0 Å². The van der Waals surface area contributed by atoms with Crippen LogP contribution in [0.3, 0.4) is 0 Å². The number of nitrogens with two attached hydrogens (primary N) is 1. The van der Waals surface area contributed by atoms with E-state index >= 15 is 0 Å². The largest absolute Gasteiger partial charge is 0.351 e. The number of fused-ring (bicyclic) bond motifs is 1. The van der Waals surface area contributed by atoms with Gasteiger partial charge in [-0.15, -0.1) is 0 Å². The molecule has 0 spiro atoms. The maximum atomic E-state index is 12.1. The Hall–Kier alpha value is -2.88. The normalized spacial score (nSPS) is 11.5. The van der Waals surface area contributed by atoms with Crippen LogP contribution < -0.4 is 10.6 Å². The molecule has 0 aliphatic rings. The average Bonchev–Trinajstić information content (AvgIpc) is 2.59. The van der Waals surface area contributed by atoms with Gasteiger partial charge in [-0.1, -0.05) is 57.2 Å². The predicted octanol–water partition coefficient (Wildman–Crippen LogP) is 4.62. The van der Waals surface area contributed by atoms with Crippen LogP contribution in [-0.4, -0.2) is 11.0 Å². The number of pyridine rings is 1. The van der Waals surface area contributed by atoms with Gasteiger partial charge in [0.15, 0.2) is 0 Å². The number of primary amides is 1. The molecule has 0 atom stereocenters. The summed E-state index contributed by atoms with van der Waals surface area (Å²) in [6, 6.07) is 15.6. The smallest absolute Gasteiger partial charge is 0.319 e. The van der Waals surface area contributed by atoms with Crippen LogP contribution in [0.5, 0.6) is 0 Å². The second-order valence-corrected chi connectivity index (χ2v) is 7.25. The second kappa shape index (κ2) is 6.55. The van der Waals surface area contributed by atoms with E-state index in [0.29, 0.717) is 6.54 Å². The fourth-order valence-electron chi connectivity index (χ4n) is 2.91. The van der Waals surface area contributed by atoms with Gasteiger partial charge in [-0.3, -0.25) is 9.88 Å². The molecule has 0 bridgehead atoms. The molecule has 0 radical (unpaired) electrons. The first-order valence-electron chi connectivity index (χ1n) is 8.35. The van der Waals surface area contributed by atoms with E-state index in [2.05, 4.69) is 50.0 Å². The molecule has 1 heterocycles. The van der Waals surface area contributed by atoms with Gasteiger partial charge < -0.3 is 5.73 Å². The minimum absolute atomic E-state index is 0.100. The average molecular weight is 333 g/mol. The van der Waals surface area contributed by atoms with Crippen molar-refractivity contribution in [3.8, 4) is 0 Å². The third-order valence-electron chi connectivity index (χ3n) is 4.38. The van der Waals surface area contributed by atoms with Gasteiger partial charge in [-0.2, -0.15) is 0 Å². The van der Waals surface area contributed by atoms with Gasteiger partial charge in [0.1, 0.15) is 0 Å². The highest BCUT2D eigenvalue weighted by Crippen LogP contribution is 2.28. The maximum absolute atomic E-state index is 12.1. The third-order valence-corrected chi connectivity index (χ3v) is 4.38. The van der Waals surface area contributed by atoms with Crippen molar-refractivity contribution in [3.63, 3.8) is 0 Å². The highest BCUT2D eigenvalue weighted by molar-refractivity contribution is 6.02. The zero-order valence-corrected chi connectivity index (χ0v) is 14.9. The first-order chi connectivity index (χ1) is 11.9. The minimum Gasteiger partial charge on any atom is -0.351 e. The third kappa shape index (κ3) is 3.63. The lowest BCUT2D eigenvalue weighted by Crippen LogP contribution is -2.35. The van der Waals surface area contributed by atoms with Crippen molar-refractivity contribution in [1.29, 1.82) is 0 Å². The van der Waals surface area contributed by atoms with Gasteiger partial charge in [0, 0.05) is 17.8 Å². The molecule has 2 N–H and O–H groups in total. The SMILES string of the molecule is CC(C)(C)c1ccc(CN(C(N)=O)c2cccc3ccncc23)cc1. The first kappa shape index (κ1) is 17.0. The Balaban J connectivity index is 1.96. The van der Waals surface area contributed by atoms with Crippen LogP contribution in [0.25, 0.3) is 10.8 Å². The summed E-state index contributed by atoms with van der Waals surface area (Å²) in [5, 5.41) is 1.94. The lowest BCUT2D eigenvalue weighted by molar-refractivity contribution is 0.253. The zero-order chi connectivity index (χ0) is 18.0. The molecule has 2 aromatic carbocycles. The lowest BCUT2D eigenvalue weighted by Gasteiger charge is -2.23. The van der Waals surface area contributed by atoms with E-state index < -0.39 is 6.03 Å². The van der Waals surface area contributed by atoms with Crippen molar-refractivity contribution in [2.75, 3.05) is 4.90 Å². The van der Waals surface area contributed by atoms with Crippen LogP contribution in [-0.2, 0) is 12.0 Å². The van der Waals surface area contributed by atoms with Crippen LogP contribution in [0.2, 0.25) is 0 Å². The van der Waals surface area contributed by atoms with E-state index in [1.54, 1.807) is 17.3 Å². The van der Waals surface area contributed by atoms with Crippen molar-refractivity contribution in [2.45, 2.75) is 32.7 Å². The molecule has 0 saturated heterocycles. The number of benzene rings is 2. The quantitative estimate of drug-likeness (QED) is 0.760. The summed E-state index contributed by atoms with van der Waals surface area (Å²) in [5.74, 6) is 0. The minimum atomic E-state index is -0.476. The van der Waals surface area contributed by atoms with Crippen molar-refractivity contribution in [2.24, 2.45) is 5.73 Å². The Morgan fingerprint density at radius 3 is 2.44 bits per heavy atom. The Labute approximate surface area is 148 Å². The van der Waals surface area contributed by atoms with Crippen LogP contribution in [0.1, 0.15) is 31.9 Å². The first-order valence-corrected chi connectivity index (χ1v) is 8.35. The van der Waals surface area contributed by atoms with Gasteiger partial charge in [0.05, 0.1) is 12.2 Å². The number of nitrogens with zero attached hydrogens (tertiary/aromatic N) is 2. The number of hydrogen-bond donors (Lipinski definition) is 1. The Kier molecular flexibility index (Phi) is 4.45. The van der Waals surface area contributed by atoms with Crippen LogP contribution in [0.15, 0.2) is 60.9 Å². The summed E-state index contributed by atoms with van der Waals surface area (Å²) in [6.07, 6.45) is 3.51. The van der Waals surface area contributed by atoms with Crippen molar-refractivity contribution in [1.82, 2.24) is 4.98 Å². The molecular weight excluding hydrogens is 310 g/mol. The molecule has 3 rings (SSSR count). The van der Waals surface area contributed by atoms with E-state index in [4.69, 9.17) is 5.73 Å². The monoisotopic (exact) mass is 333 g/mol. The summed E-state index contributed by atoms with van der Waals surface area (Å²) in [6.45, 7) is 6.97. The molecular formula is C21H23N3O. The molecule has 0 fully saturated rings. The van der Waals surface area contributed by atoms with Crippen molar-refractivity contribution >= 4 is 22.5 Å². The molecule has 3 aromatic rings. The maximum Gasteiger partial charge on any atom is 0.319 e. The predicted molar refractivity (Wildman–Crippen MR) is 103 cm³/mol. The topological polar surface area (TPSA) is 59.2 Å². The van der Waals surface area contributed by atoms with Crippen LogP contribution in [0, 0.1) is 0 Å². The number of aromatic nitrogens is 1. The summed E-state index contributed by atoms with van der Waals surface area (Å²) in [7, 11) is 0. The summed E-state index contributed by atoms with van der Waals surface area (Å²) >= 11 is 0. The molecule has 2 amide bonds. The highest BCUT2D eigenvalue weighted by Gasteiger charge is 2.17. The number of rotatable bonds is 3. The molecule has 0 unspecified atom stereocenters. The molecule has 0 aliphatic carbocycles. The van der Waals surface area contributed by atoms with Crippen molar-refractivity contribution < 1.29 is 4.79 Å². The molecule has 25 heavy (non-hydrogen) atoms. The van der Waals surface area contributed by atoms with Gasteiger partial charge in [-0.25, -0.2) is 4.79 Å². The van der Waals surface area contributed by atoms with Gasteiger partial charge >= 0.3 is 6.03 Å². The number of carbonyl (C=O) groups is 1. The molecule has 4 heteroatoms. The van der Waals surface area contributed by atoms with E-state index in [1.165, 1.54) is 5.56 Å².